The number of amides is 1. The van der Waals surface area contributed by atoms with Crippen molar-refractivity contribution in [3.63, 3.8) is 0 Å². The number of hydrogen-bond acceptors (Lipinski definition) is 4. The maximum Gasteiger partial charge on any atom is 0.264 e. The summed E-state index contributed by atoms with van der Waals surface area (Å²) in [7, 11) is -3.99. The summed E-state index contributed by atoms with van der Waals surface area (Å²) in [6.07, 6.45) is 0. The van der Waals surface area contributed by atoms with E-state index in [1.165, 1.54) is 0 Å². The lowest BCUT2D eigenvalue weighted by atomic mass is 10.1. The zero-order chi connectivity index (χ0) is 25.4. The van der Waals surface area contributed by atoms with E-state index in [0.29, 0.717) is 17.0 Å². The van der Waals surface area contributed by atoms with E-state index in [-0.39, 0.29) is 11.4 Å². The topological polar surface area (TPSA) is 79.6 Å². The number of sulfonamides is 1. The molecule has 1 amide bonds. The number of benzene rings is 4. The van der Waals surface area contributed by atoms with Gasteiger partial charge >= 0.3 is 0 Å². The third kappa shape index (κ3) is 4.57. The van der Waals surface area contributed by atoms with Gasteiger partial charge in [-0.05, 0) is 74.4 Å². The average molecular weight is 499 g/mol. The first-order chi connectivity index (χ1) is 17.2. The quantitative estimate of drug-likeness (QED) is 0.296. The number of carbonyl (C=O) groups excluding carboxylic acids is 1. The number of hydrogen-bond donors (Lipinski definition) is 1. The molecule has 6 nitrogen and oxygen atoms in total. The van der Waals surface area contributed by atoms with Crippen molar-refractivity contribution in [3.8, 4) is 0 Å². The van der Waals surface area contributed by atoms with Crippen LogP contribution in [-0.2, 0) is 14.8 Å². The van der Waals surface area contributed by atoms with Gasteiger partial charge in [-0.2, -0.15) is 0 Å². The van der Waals surface area contributed by atoms with Crippen LogP contribution >= 0.6 is 0 Å². The Bertz CT molecular complexity index is 1680. The number of rotatable bonds is 6. The number of anilines is 2. The molecule has 0 saturated carbocycles. The maximum atomic E-state index is 13.7. The van der Waals surface area contributed by atoms with E-state index in [4.69, 9.17) is 4.42 Å². The maximum absolute atomic E-state index is 13.7. The zero-order valence-corrected chi connectivity index (χ0v) is 21.1. The molecule has 0 spiro atoms. The van der Waals surface area contributed by atoms with Crippen molar-refractivity contribution in [2.24, 2.45) is 0 Å². The molecule has 5 rings (SSSR count). The molecule has 0 aliphatic rings. The second-order valence-electron chi connectivity index (χ2n) is 9.03. The van der Waals surface area contributed by atoms with Gasteiger partial charge < -0.3 is 9.73 Å². The van der Waals surface area contributed by atoms with Crippen molar-refractivity contribution in [2.45, 2.75) is 25.7 Å². The van der Waals surface area contributed by atoms with Crippen LogP contribution in [0.5, 0.6) is 0 Å². The fourth-order valence-electron chi connectivity index (χ4n) is 4.38. The van der Waals surface area contributed by atoms with Crippen molar-refractivity contribution in [1.29, 1.82) is 0 Å². The van der Waals surface area contributed by atoms with Crippen LogP contribution in [0.4, 0.5) is 11.4 Å². The number of para-hydroxylation sites is 1. The lowest BCUT2D eigenvalue weighted by Gasteiger charge is -2.25. The predicted octanol–water partition coefficient (Wildman–Crippen LogP) is 6.35. The van der Waals surface area contributed by atoms with Gasteiger partial charge in [-0.15, -0.1) is 0 Å². The molecule has 0 unspecified atom stereocenters. The standard InChI is InChI=1S/C29H26N2O4S/c1-19-8-11-24(12-9-19)36(33,34)31(23-15-20(2)14-21(3)16-23)18-29(32)30-22-10-13-26-25-6-4-5-7-27(25)35-28(26)17-22/h4-17H,18H2,1-3H3,(H,30,32). The summed E-state index contributed by atoms with van der Waals surface area (Å²) in [5, 5.41) is 4.78. The van der Waals surface area contributed by atoms with E-state index < -0.39 is 15.9 Å². The Hall–Kier alpha value is -4.10. The van der Waals surface area contributed by atoms with E-state index >= 15 is 0 Å². The number of carbonyl (C=O) groups is 1. The molecule has 1 heterocycles. The molecule has 1 aromatic heterocycles. The van der Waals surface area contributed by atoms with E-state index in [1.807, 2.05) is 57.2 Å². The summed E-state index contributed by atoms with van der Waals surface area (Å²) in [4.78, 5) is 13.3. The molecule has 0 aliphatic heterocycles. The molecule has 0 fully saturated rings. The Morgan fingerprint density at radius 2 is 1.44 bits per heavy atom. The summed E-state index contributed by atoms with van der Waals surface area (Å²) in [6, 6.07) is 25.3. The number of aryl methyl sites for hydroxylation is 3. The van der Waals surface area contributed by atoms with Gasteiger partial charge in [0.1, 0.15) is 17.7 Å². The third-order valence-corrected chi connectivity index (χ3v) is 7.84. The van der Waals surface area contributed by atoms with Crippen LogP contribution in [0, 0.1) is 20.8 Å². The summed E-state index contributed by atoms with van der Waals surface area (Å²) in [5.74, 6) is -0.458. The van der Waals surface area contributed by atoms with Gasteiger partial charge in [0, 0.05) is 22.5 Å². The highest BCUT2D eigenvalue weighted by Crippen LogP contribution is 2.31. The Morgan fingerprint density at radius 1 is 0.778 bits per heavy atom. The smallest absolute Gasteiger partial charge is 0.264 e. The molecule has 4 aromatic carbocycles. The molecule has 36 heavy (non-hydrogen) atoms. The molecule has 0 saturated heterocycles. The summed E-state index contributed by atoms with van der Waals surface area (Å²) in [5.41, 5.74) is 5.14. The molecule has 1 N–H and O–H groups in total. The molecule has 5 aromatic rings. The van der Waals surface area contributed by atoms with Gasteiger partial charge in [-0.25, -0.2) is 8.42 Å². The van der Waals surface area contributed by atoms with Crippen LogP contribution < -0.4 is 9.62 Å². The Morgan fingerprint density at radius 3 is 2.17 bits per heavy atom. The number of fused-ring (bicyclic) bond motifs is 3. The van der Waals surface area contributed by atoms with Gasteiger partial charge in [0.2, 0.25) is 5.91 Å². The first kappa shape index (κ1) is 23.6. The van der Waals surface area contributed by atoms with Crippen LogP contribution in [0.15, 0.2) is 94.2 Å². The molecule has 182 valence electrons. The second-order valence-corrected chi connectivity index (χ2v) is 10.9. The van der Waals surface area contributed by atoms with Crippen LogP contribution in [0.2, 0.25) is 0 Å². The minimum atomic E-state index is -3.99. The van der Waals surface area contributed by atoms with Crippen molar-refractivity contribution in [3.05, 3.63) is 102 Å². The lowest BCUT2D eigenvalue weighted by Crippen LogP contribution is -2.38. The number of nitrogens with one attached hydrogen (secondary N) is 1. The molecule has 7 heteroatoms. The highest BCUT2D eigenvalue weighted by molar-refractivity contribution is 7.92. The highest BCUT2D eigenvalue weighted by Gasteiger charge is 2.27. The Kier molecular flexibility index (Phi) is 6.02. The minimum absolute atomic E-state index is 0.128. The van der Waals surface area contributed by atoms with Crippen molar-refractivity contribution in [2.75, 3.05) is 16.2 Å². The second kappa shape index (κ2) is 9.17. The van der Waals surface area contributed by atoms with Gasteiger partial charge in [0.05, 0.1) is 10.6 Å². The SMILES string of the molecule is Cc1ccc(S(=O)(=O)N(CC(=O)Nc2ccc3c(c2)oc2ccccc23)c2cc(C)cc(C)c2)cc1. The van der Waals surface area contributed by atoms with Crippen molar-refractivity contribution in [1.82, 2.24) is 0 Å². The Balaban J connectivity index is 1.47. The summed E-state index contributed by atoms with van der Waals surface area (Å²) in [6.45, 7) is 5.31. The fraction of sp³-hybridized carbons (Fsp3) is 0.138. The van der Waals surface area contributed by atoms with E-state index in [9.17, 15) is 13.2 Å². The normalized spacial score (nSPS) is 11.6. The fourth-order valence-corrected chi connectivity index (χ4v) is 5.79. The molecule has 0 atom stereocenters. The first-order valence-corrected chi connectivity index (χ1v) is 13.0. The van der Waals surface area contributed by atoms with E-state index in [1.54, 1.807) is 48.5 Å². The predicted molar refractivity (Wildman–Crippen MR) is 144 cm³/mol. The highest BCUT2D eigenvalue weighted by atomic mass is 32.2. The lowest BCUT2D eigenvalue weighted by molar-refractivity contribution is -0.114. The van der Waals surface area contributed by atoms with Crippen molar-refractivity contribution < 1.29 is 17.6 Å². The average Bonchev–Trinajstić information content (AvgIpc) is 3.20. The summed E-state index contributed by atoms with van der Waals surface area (Å²) >= 11 is 0. The minimum Gasteiger partial charge on any atom is -0.456 e. The van der Waals surface area contributed by atoms with Crippen LogP contribution in [0.1, 0.15) is 16.7 Å². The van der Waals surface area contributed by atoms with Crippen LogP contribution in [0.25, 0.3) is 21.9 Å². The molecule has 0 aliphatic carbocycles. The van der Waals surface area contributed by atoms with Gasteiger partial charge in [0.15, 0.2) is 0 Å². The molecule has 0 bridgehead atoms. The third-order valence-electron chi connectivity index (χ3n) is 6.05. The first-order valence-electron chi connectivity index (χ1n) is 11.6. The molecular weight excluding hydrogens is 472 g/mol. The van der Waals surface area contributed by atoms with Crippen molar-refractivity contribution >= 4 is 49.2 Å². The van der Waals surface area contributed by atoms with Gasteiger partial charge in [-0.3, -0.25) is 9.10 Å². The van der Waals surface area contributed by atoms with Crippen LogP contribution in [0.3, 0.4) is 0 Å². The number of nitrogens with zero attached hydrogens (tertiary/aromatic N) is 1. The van der Waals surface area contributed by atoms with Gasteiger partial charge in [0.25, 0.3) is 10.0 Å². The van der Waals surface area contributed by atoms with Gasteiger partial charge in [-0.1, -0.05) is 42.0 Å². The van der Waals surface area contributed by atoms with Crippen LogP contribution in [-0.4, -0.2) is 20.9 Å². The summed E-state index contributed by atoms with van der Waals surface area (Å²) < 4.78 is 34.4. The zero-order valence-electron chi connectivity index (χ0n) is 20.3. The Labute approximate surface area is 210 Å². The van der Waals surface area contributed by atoms with E-state index in [0.717, 1.165) is 37.4 Å². The van der Waals surface area contributed by atoms with E-state index in [2.05, 4.69) is 5.32 Å². The largest absolute Gasteiger partial charge is 0.456 e. The monoisotopic (exact) mass is 498 g/mol. The molecule has 0 radical (unpaired) electrons. The molecular formula is C29H26N2O4S. The number of furan rings is 1.